The summed E-state index contributed by atoms with van der Waals surface area (Å²) >= 11 is 0. The number of benzene rings is 2. The van der Waals surface area contributed by atoms with Crippen LogP contribution in [0.3, 0.4) is 0 Å². The molecule has 0 atom stereocenters. The zero-order valence-electron chi connectivity index (χ0n) is 16.4. The second kappa shape index (κ2) is 9.89. The van der Waals surface area contributed by atoms with E-state index < -0.39 is 21.8 Å². The molecule has 0 fully saturated rings. The van der Waals surface area contributed by atoms with Gasteiger partial charge in [0.1, 0.15) is 5.75 Å². The maximum absolute atomic E-state index is 12.4. The number of amides is 2. The minimum absolute atomic E-state index is 0.0254. The fourth-order valence-electron chi connectivity index (χ4n) is 2.42. The summed E-state index contributed by atoms with van der Waals surface area (Å²) in [5, 5.41) is 2.91. The van der Waals surface area contributed by atoms with Crippen molar-refractivity contribution in [3.05, 3.63) is 53.6 Å². The summed E-state index contributed by atoms with van der Waals surface area (Å²) in [7, 11) is -2.13. The number of anilines is 1. The van der Waals surface area contributed by atoms with Gasteiger partial charge < -0.3 is 10.1 Å². The Bertz CT molecular complexity index is 975. The van der Waals surface area contributed by atoms with Gasteiger partial charge in [-0.1, -0.05) is 13.0 Å². The lowest BCUT2D eigenvalue weighted by molar-refractivity contribution is -0.120. The molecule has 156 valence electrons. The third-order valence-corrected chi connectivity index (χ3v) is 5.50. The van der Waals surface area contributed by atoms with E-state index in [1.165, 1.54) is 18.2 Å². The van der Waals surface area contributed by atoms with Crippen LogP contribution in [0.5, 0.6) is 5.75 Å². The van der Waals surface area contributed by atoms with Crippen LogP contribution < -0.4 is 25.6 Å². The van der Waals surface area contributed by atoms with Gasteiger partial charge in [-0.2, -0.15) is 0 Å². The quantitative estimate of drug-likeness (QED) is 0.475. The number of hydrogen-bond acceptors (Lipinski definition) is 6. The molecular formula is C19H24N4O5S. The first-order valence-electron chi connectivity index (χ1n) is 8.84. The number of hydrogen-bond donors (Lipinski definition) is 4. The Hall–Kier alpha value is -3.11. The minimum atomic E-state index is -3.70. The van der Waals surface area contributed by atoms with Crippen molar-refractivity contribution < 1.29 is 22.7 Å². The topological polar surface area (TPSA) is 126 Å². The molecule has 29 heavy (non-hydrogen) atoms. The molecule has 0 aromatic heterocycles. The van der Waals surface area contributed by atoms with Crippen molar-refractivity contribution in [3.63, 3.8) is 0 Å². The highest BCUT2D eigenvalue weighted by Crippen LogP contribution is 2.16. The number of carbonyl (C=O) groups excluding carboxylic acids is 2. The molecule has 0 unspecified atom stereocenters. The van der Waals surface area contributed by atoms with E-state index in [1.54, 1.807) is 45.2 Å². The third kappa shape index (κ3) is 6.19. The molecule has 2 aromatic carbocycles. The molecule has 0 heterocycles. The molecule has 0 aliphatic rings. The Morgan fingerprint density at radius 3 is 2.34 bits per heavy atom. The van der Waals surface area contributed by atoms with Crippen LogP contribution in [0, 0.1) is 6.92 Å². The first-order valence-corrected chi connectivity index (χ1v) is 10.3. The first-order chi connectivity index (χ1) is 13.8. The summed E-state index contributed by atoms with van der Waals surface area (Å²) < 4.78 is 31.7. The summed E-state index contributed by atoms with van der Waals surface area (Å²) in [5.41, 5.74) is 6.02. The van der Waals surface area contributed by atoms with Crippen molar-refractivity contribution in [2.45, 2.75) is 18.7 Å². The average molecular weight is 420 g/mol. The van der Waals surface area contributed by atoms with Crippen LogP contribution in [-0.4, -0.2) is 40.4 Å². The molecule has 0 spiro atoms. The lowest BCUT2D eigenvalue weighted by Crippen LogP contribution is -2.44. The molecule has 0 radical (unpaired) electrons. The van der Waals surface area contributed by atoms with Gasteiger partial charge in [-0.3, -0.25) is 20.4 Å². The lowest BCUT2D eigenvalue weighted by atomic mass is 10.1. The Labute approximate surface area is 169 Å². The minimum Gasteiger partial charge on any atom is -0.497 e. The van der Waals surface area contributed by atoms with E-state index in [2.05, 4.69) is 20.9 Å². The molecule has 2 rings (SSSR count). The van der Waals surface area contributed by atoms with Crippen molar-refractivity contribution in [2.75, 3.05) is 25.5 Å². The predicted octanol–water partition coefficient (Wildman–Crippen LogP) is 1.17. The molecule has 0 aliphatic carbocycles. The maximum Gasteiger partial charge on any atom is 0.269 e. The number of sulfonamides is 1. The summed E-state index contributed by atoms with van der Waals surface area (Å²) in [5.74, 6) is -0.391. The van der Waals surface area contributed by atoms with Crippen LogP contribution in [0.2, 0.25) is 0 Å². The zero-order chi connectivity index (χ0) is 21.4. The number of aryl methyl sites for hydroxylation is 1. The summed E-state index contributed by atoms with van der Waals surface area (Å²) in [6.07, 6.45) is 0. The maximum atomic E-state index is 12.4. The van der Waals surface area contributed by atoms with Crippen LogP contribution in [-0.2, 0) is 14.8 Å². The molecule has 0 bridgehead atoms. The van der Waals surface area contributed by atoms with Gasteiger partial charge in [0, 0.05) is 17.8 Å². The highest BCUT2D eigenvalue weighted by atomic mass is 32.2. The number of carbonyl (C=O) groups is 2. The molecule has 0 aliphatic heterocycles. The van der Waals surface area contributed by atoms with E-state index in [-0.39, 0.29) is 23.5 Å². The van der Waals surface area contributed by atoms with Crippen molar-refractivity contribution in [1.82, 2.24) is 15.6 Å². The number of methoxy groups -OCH3 is 1. The molecule has 4 N–H and O–H groups in total. The highest BCUT2D eigenvalue weighted by molar-refractivity contribution is 7.89. The number of ether oxygens (including phenoxy) is 1. The van der Waals surface area contributed by atoms with Crippen LogP contribution in [0.4, 0.5) is 5.69 Å². The summed E-state index contributed by atoms with van der Waals surface area (Å²) in [6, 6.07) is 11.2. The molecule has 0 saturated carbocycles. The standard InChI is InChI=1S/C19H24N4O5S/c1-4-21-29(26,27)16-10-5-13(2)17(11-16)19(25)23-22-18(24)12-20-14-6-8-15(28-3)9-7-14/h5-11,20-21H,4,12H2,1-3H3,(H,22,24)(H,23,25). The number of rotatable bonds is 8. The SMILES string of the molecule is CCNS(=O)(=O)c1ccc(C)c(C(=O)NNC(=O)CNc2ccc(OC)cc2)c1. The third-order valence-electron chi connectivity index (χ3n) is 3.96. The Morgan fingerprint density at radius 2 is 1.72 bits per heavy atom. The van der Waals surface area contributed by atoms with Crippen molar-refractivity contribution in [3.8, 4) is 5.75 Å². The van der Waals surface area contributed by atoms with E-state index in [9.17, 15) is 18.0 Å². The van der Waals surface area contributed by atoms with E-state index in [0.29, 0.717) is 17.0 Å². The highest BCUT2D eigenvalue weighted by Gasteiger charge is 2.17. The van der Waals surface area contributed by atoms with Crippen LogP contribution in [0.25, 0.3) is 0 Å². The number of hydrazine groups is 1. The molecule has 2 aromatic rings. The van der Waals surface area contributed by atoms with Crippen molar-refractivity contribution in [2.24, 2.45) is 0 Å². The van der Waals surface area contributed by atoms with Gasteiger partial charge in [-0.25, -0.2) is 13.1 Å². The molecule has 10 heteroatoms. The van der Waals surface area contributed by atoms with E-state index in [4.69, 9.17) is 4.74 Å². The summed E-state index contributed by atoms with van der Waals surface area (Å²) in [4.78, 5) is 24.3. The second-order valence-electron chi connectivity index (χ2n) is 6.06. The summed E-state index contributed by atoms with van der Waals surface area (Å²) in [6.45, 7) is 3.50. The van der Waals surface area contributed by atoms with E-state index in [0.717, 1.165) is 0 Å². The predicted molar refractivity (Wildman–Crippen MR) is 109 cm³/mol. The van der Waals surface area contributed by atoms with E-state index >= 15 is 0 Å². The monoisotopic (exact) mass is 420 g/mol. The second-order valence-corrected chi connectivity index (χ2v) is 7.83. The van der Waals surface area contributed by atoms with Gasteiger partial charge in [0.25, 0.3) is 11.8 Å². The zero-order valence-corrected chi connectivity index (χ0v) is 17.2. The molecule has 9 nitrogen and oxygen atoms in total. The van der Waals surface area contributed by atoms with E-state index in [1.807, 2.05) is 0 Å². The number of nitrogens with one attached hydrogen (secondary N) is 4. The fourth-order valence-corrected chi connectivity index (χ4v) is 3.48. The Kier molecular flexibility index (Phi) is 7.57. The van der Waals surface area contributed by atoms with Crippen molar-refractivity contribution in [1.29, 1.82) is 0 Å². The Balaban J connectivity index is 1.95. The van der Waals surface area contributed by atoms with Crippen LogP contribution in [0.15, 0.2) is 47.4 Å². The lowest BCUT2D eigenvalue weighted by Gasteiger charge is -2.12. The normalized spacial score (nSPS) is 10.9. The van der Waals surface area contributed by atoms with Crippen LogP contribution >= 0.6 is 0 Å². The average Bonchev–Trinajstić information content (AvgIpc) is 2.71. The molecular weight excluding hydrogens is 396 g/mol. The van der Waals surface area contributed by atoms with Gasteiger partial charge >= 0.3 is 0 Å². The fraction of sp³-hybridized carbons (Fsp3) is 0.263. The smallest absolute Gasteiger partial charge is 0.269 e. The van der Waals surface area contributed by atoms with Crippen molar-refractivity contribution >= 4 is 27.5 Å². The molecule has 0 saturated heterocycles. The van der Waals surface area contributed by atoms with Gasteiger partial charge in [0.2, 0.25) is 10.0 Å². The van der Waals surface area contributed by atoms with Gasteiger partial charge in [-0.15, -0.1) is 0 Å². The Morgan fingerprint density at radius 1 is 1.03 bits per heavy atom. The van der Waals surface area contributed by atoms with Gasteiger partial charge in [-0.05, 0) is 48.9 Å². The first kappa shape index (κ1) is 22.2. The molecule has 2 amide bonds. The van der Waals surface area contributed by atoms with Crippen LogP contribution in [0.1, 0.15) is 22.8 Å². The van der Waals surface area contributed by atoms with Gasteiger partial charge in [0.15, 0.2) is 0 Å². The largest absolute Gasteiger partial charge is 0.497 e. The van der Waals surface area contributed by atoms with Gasteiger partial charge in [0.05, 0.1) is 18.6 Å².